The second-order valence-electron chi connectivity index (χ2n) is 7.55. The zero-order chi connectivity index (χ0) is 19.8. The van der Waals surface area contributed by atoms with E-state index in [1.54, 1.807) is 0 Å². The van der Waals surface area contributed by atoms with Crippen LogP contribution in [0, 0.1) is 6.92 Å². The molecule has 3 aromatic carbocycles. The van der Waals surface area contributed by atoms with Gasteiger partial charge in [0, 0.05) is 24.8 Å². The fraction of sp³-hybridized carbons (Fsp3) is 0.308. The van der Waals surface area contributed by atoms with Crippen LogP contribution in [0.2, 0.25) is 0 Å². The lowest BCUT2D eigenvalue weighted by Gasteiger charge is -2.30. The molecule has 28 heavy (non-hydrogen) atoms. The van der Waals surface area contributed by atoms with Crippen molar-refractivity contribution in [3.05, 3.63) is 101 Å². The molecule has 0 saturated heterocycles. The molecule has 0 heterocycles. The zero-order valence-corrected chi connectivity index (χ0v) is 17.4. The van der Waals surface area contributed by atoms with Gasteiger partial charge in [-0.15, -0.1) is 0 Å². The SMILES string of the molecule is CCCN(Cc1ccccc1)C(C)c1ccc(C)c(NCc2ccccc2)c1. The van der Waals surface area contributed by atoms with E-state index in [1.807, 2.05) is 0 Å². The Balaban J connectivity index is 1.74. The highest BCUT2D eigenvalue weighted by Crippen LogP contribution is 2.27. The molecule has 1 atom stereocenters. The average molecular weight is 373 g/mol. The Morgan fingerprint density at radius 2 is 1.50 bits per heavy atom. The molecule has 0 amide bonds. The first kappa shape index (κ1) is 20.2. The number of hydrogen-bond acceptors (Lipinski definition) is 2. The van der Waals surface area contributed by atoms with Gasteiger partial charge in [0.2, 0.25) is 0 Å². The Labute approximate surface area is 170 Å². The normalized spacial score (nSPS) is 12.1. The largest absolute Gasteiger partial charge is 0.381 e. The van der Waals surface area contributed by atoms with Gasteiger partial charge in [-0.25, -0.2) is 0 Å². The van der Waals surface area contributed by atoms with Crippen molar-refractivity contribution < 1.29 is 0 Å². The highest BCUT2D eigenvalue weighted by Gasteiger charge is 2.16. The van der Waals surface area contributed by atoms with E-state index in [9.17, 15) is 0 Å². The van der Waals surface area contributed by atoms with E-state index in [-0.39, 0.29) is 0 Å². The minimum Gasteiger partial charge on any atom is -0.381 e. The summed E-state index contributed by atoms with van der Waals surface area (Å²) in [6.07, 6.45) is 1.15. The van der Waals surface area contributed by atoms with E-state index in [0.717, 1.165) is 26.1 Å². The molecule has 2 heteroatoms. The van der Waals surface area contributed by atoms with Crippen molar-refractivity contribution in [1.29, 1.82) is 0 Å². The molecule has 0 spiro atoms. The molecule has 2 nitrogen and oxygen atoms in total. The van der Waals surface area contributed by atoms with Gasteiger partial charge in [-0.05, 0) is 55.1 Å². The van der Waals surface area contributed by atoms with Crippen molar-refractivity contribution in [2.24, 2.45) is 0 Å². The molecule has 3 rings (SSSR count). The topological polar surface area (TPSA) is 15.3 Å². The van der Waals surface area contributed by atoms with Crippen LogP contribution >= 0.6 is 0 Å². The van der Waals surface area contributed by atoms with Crippen molar-refractivity contribution in [3.63, 3.8) is 0 Å². The Kier molecular flexibility index (Phi) is 7.27. The van der Waals surface area contributed by atoms with Crippen LogP contribution in [0.4, 0.5) is 5.69 Å². The standard InChI is InChI=1S/C26H32N2/c1-4-17-28(20-24-13-9-6-10-14-24)22(3)25-16-15-21(2)26(18-25)27-19-23-11-7-5-8-12-23/h5-16,18,22,27H,4,17,19-20H2,1-3H3. The third kappa shape index (κ3) is 5.46. The van der Waals surface area contributed by atoms with Crippen LogP contribution in [0.5, 0.6) is 0 Å². The summed E-state index contributed by atoms with van der Waals surface area (Å²) in [5.41, 5.74) is 6.56. The molecule has 0 aliphatic rings. The first-order valence-electron chi connectivity index (χ1n) is 10.3. The molecule has 0 aliphatic carbocycles. The van der Waals surface area contributed by atoms with Gasteiger partial charge in [0.15, 0.2) is 0 Å². The fourth-order valence-electron chi connectivity index (χ4n) is 3.61. The molecule has 0 aliphatic heterocycles. The van der Waals surface area contributed by atoms with Crippen molar-refractivity contribution >= 4 is 5.69 Å². The maximum absolute atomic E-state index is 3.63. The summed E-state index contributed by atoms with van der Waals surface area (Å²) < 4.78 is 0. The van der Waals surface area contributed by atoms with E-state index in [0.29, 0.717) is 6.04 Å². The van der Waals surface area contributed by atoms with Crippen LogP contribution in [0.15, 0.2) is 78.9 Å². The van der Waals surface area contributed by atoms with E-state index < -0.39 is 0 Å². The van der Waals surface area contributed by atoms with Gasteiger partial charge in [-0.1, -0.05) is 79.7 Å². The average Bonchev–Trinajstić information content (AvgIpc) is 2.74. The van der Waals surface area contributed by atoms with E-state index >= 15 is 0 Å². The molecule has 1 unspecified atom stereocenters. The van der Waals surface area contributed by atoms with Gasteiger partial charge in [0.05, 0.1) is 0 Å². The minimum atomic E-state index is 0.373. The number of aryl methyl sites for hydroxylation is 1. The molecular weight excluding hydrogens is 340 g/mol. The molecule has 1 N–H and O–H groups in total. The number of benzene rings is 3. The van der Waals surface area contributed by atoms with Crippen LogP contribution in [0.3, 0.4) is 0 Å². The van der Waals surface area contributed by atoms with Gasteiger partial charge >= 0.3 is 0 Å². The summed E-state index contributed by atoms with van der Waals surface area (Å²) >= 11 is 0. The van der Waals surface area contributed by atoms with Gasteiger partial charge in [0.1, 0.15) is 0 Å². The Morgan fingerprint density at radius 3 is 2.14 bits per heavy atom. The summed E-state index contributed by atoms with van der Waals surface area (Å²) in [7, 11) is 0. The van der Waals surface area contributed by atoms with Crippen molar-refractivity contribution in [3.8, 4) is 0 Å². The maximum atomic E-state index is 3.63. The monoisotopic (exact) mass is 372 g/mol. The second-order valence-corrected chi connectivity index (χ2v) is 7.55. The fourth-order valence-corrected chi connectivity index (χ4v) is 3.61. The third-order valence-electron chi connectivity index (χ3n) is 5.36. The van der Waals surface area contributed by atoms with Gasteiger partial charge in [0.25, 0.3) is 0 Å². The molecule has 0 fully saturated rings. The zero-order valence-electron chi connectivity index (χ0n) is 17.4. The first-order valence-corrected chi connectivity index (χ1v) is 10.3. The number of hydrogen-bond donors (Lipinski definition) is 1. The molecule has 3 aromatic rings. The number of rotatable bonds is 9. The first-order chi connectivity index (χ1) is 13.7. The van der Waals surface area contributed by atoms with Crippen LogP contribution < -0.4 is 5.32 Å². The summed E-state index contributed by atoms with van der Waals surface area (Å²) in [5, 5.41) is 3.63. The van der Waals surface area contributed by atoms with Crippen LogP contribution in [0.25, 0.3) is 0 Å². The molecule has 0 saturated carbocycles. The molecular formula is C26H32N2. The van der Waals surface area contributed by atoms with E-state index in [4.69, 9.17) is 0 Å². The lowest BCUT2D eigenvalue weighted by molar-refractivity contribution is 0.202. The lowest BCUT2D eigenvalue weighted by Crippen LogP contribution is -2.27. The van der Waals surface area contributed by atoms with E-state index in [1.165, 1.54) is 27.9 Å². The molecule has 146 valence electrons. The number of anilines is 1. The predicted octanol–water partition coefficient (Wildman–Crippen LogP) is 6.58. The minimum absolute atomic E-state index is 0.373. The predicted molar refractivity (Wildman–Crippen MR) is 121 cm³/mol. The summed E-state index contributed by atoms with van der Waals surface area (Å²) in [5.74, 6) is 0. The van der Waals surface area contributed by atoms with Crippen LogP contribution in [-0.2, 0) is 13.1 Å². The highest BCUT2D eigenvalue weighted by atomic mass is 15.1. The summed E-state index contributed by atoms with van der Waals surface area (Å²) in [6.45, 7) is 9.68. The summed E-state index contributed by atoms with van der Waals surface area (Å²) in [6, 6.07) is 28.6. The van der Waals surface area contributed by atoms with Crippen LogP contribution in [0.1, 0.15) is 48.6 Å². The van der Waals surface area contributed by atoms with Gasteiger partial charge in [-0.3, -0.25) is 4.90 Å². The summed E-state index contributed by atoms with van der Waals surface area (Å²) in [4.78, 5) is 2.57. The van der Waals surface area contributed by atoms with Crippen LogP contribution in [-0.4, -0.2) is 11.4 Å². The molecule has 0 bridgehead atoms. The number of nitrogens with one attached hydrogen (secondary N) is 1. The lowest BCUT2D eigenvalue weighted by atomic mass is 10.0. The van der Waals surface area contributed by atoms with Crippen molar-refractivity contribution in [2.45, 2.75) is 46.3 Å². The maximum Gasteiger partial charge on any atom is 0.0400 e. The Hall–Kier alpha value is -2.58. The second kappa shape index (κ2) is 10.1. The van der Waals surface area contributed by atoms with Gasteiger partial charge < -0.3 is 5.32 Å². The van der Waals surface area contributed by atoms with Crippen molar-refractivity contribution in [1.82, 2.24) is 4.90 Å². The van der Waals surface area contributed by atoms with Gasteiger partial charge in [-0.2, -0.15) is 0 Å². The smallest absolute Gasteiger partial charge is 0.0400 e. The number of nitrogens with zero attached hydrogens (tertiary/aromatic N) is 1. The Morgan fingerprint density at radius 1 is 0.857 bits per heavy atom. The molecule has 0 radical (unpaired) electrons. The Bertz CT molecular complexity index is 843. The van der Waals surface area contributed by atoms with Crippen molar-refractivity contribution in [2.75, 3.05) is 11.9 Å². The quantitative estimate of drug-likeness (QED) is 0.456. The highest BCUT2D eigenvalue weighted by molar-refractivity contribution is 5.53. The molecule has 0 aromatic heterocycles. The third-order valence-corrected chi connectivity index (χ3v) is 5.36. The van der Waals surface area contributed by atoms with E-state index in [2.05, 4.69) is 110 Å².